The summed E-state index contributed by atoms with van der Waals surface area (Å²) in [6, 6.07) is 22.9. The fourth-order valence-corrected chi connectivity index (χ4v) is 20.9. The Morgan fingerprint density at radius 3 is 2.11 bits per heavy atom. The van der Waals surface area contributed by atoms with Gasteiger partial charge in [0, 0.05) is 0 Å². The van der Waals surface area contributed by atoms with E-state index in [1.165, 1.54) is 45.5 Å². The molecule has 0 heterocycles. The van der Waals surface area contributed by atoms with Crippen LogP contribution in [0.15, 0.2) is 94.8 Å². The van der Waals surface area contributed by atoms with E-state index in [2.05, 4.69) is 114 Å². The smallest absolute Gasteiger partial charge is 0.147 e. The molecule has 0 amide bonds. The van der Waals surface area contributed by atoms with Crippen LogP contribution in [0, 0.1) is 5.41 Å². The normalized spacial score (nSPS) is 14.3. The topological polar surface area (TPSA) is 0 Å². The number of fused-ring (bicyclic) bond motifs is 3. The van der Waals surface area contributed by atoms with Gasteiger partial charge in [0.05, 0.1) is 0 Å². The molecule has 3 aromatic rings. The molecule has 2 aliphatic rings. The summed E-state index contributed by atoms with van der Waals surface area (Å²) in [5.41, 5.74) is 9.52. The van der Waals surface area contributed by atoms with Gasteiger partial charge in [-0.05, 0) is 0 Å². The Morgan fingerprint density at radius 2 is 1.53 bits per heavy atom. The van der Waals surface area contributed by atoms with Crippen LogP contribution < -0.4 is 6.54 Å². The van der Waals surface area contributed by atoms with Crippen molar-refractivity contribution < 1.29 is 18.3 Å². The van der Waals surface area contributed by atoms with Crippen molar-refractivity contribution in [3.05, 3.63) is 117 Å². The van der Waals surface area contributed by atoms with Crippen molar-refractivity contribution in [3.63, 3.8) is 0 Å². The molecule has 198 valence electrons. The Morgan fingerprint density at radius 1 is 0.868 bits per heavy atom. The van der Waals surface area contributed by atoms with Gasteiger partial charge in [-0.15, -0.1) is 24.8 Å². The molecule has 0 bridgehead atoms. The van der Waals surface area contributed by atoms with E-state index in [1.54, 1.807) is 3.28 Å². The van der Waals surface area contributed by atoms with Gasteiger partial charge >= 0.3 is 219 Å². The van der Waals surface area contributed by atoms with Crippen LogP contribution in [0.1, 0.15) is 56.4 Å². The van der Waals surface area contributed by atoms with Crippen molar-refractivity contribution in [2.45, 2.75) is 44.7 Å². The predicted molar refractivity (Wildman–Crippen MR) is 173 cm³/mol. The van der Waals surface area contributed by atoms with Crippen LogP contribution in [0.25, 0.3) is 23.3 Å². The maximum absolute atomic E-state index is 5.47. The average molecular weight is 623 g/mol. The van der Waals surface area contributed by atoms with E-state index in [0.717, 1.165) is 17.0 Å². The maximum Gasteiger partial charge on any atom is -0.147 e. The van der Waals surface area contributed by atoms with Crippen molar-refractivity contribution in [1.82, 2.24) is 0 Å². The van der Waals surface area contributed by atoms with Crippen LogP contribution in [0.5, 0.6) is 0 Å². The van der Waals surface area contributed by atoms with Crippen LogP contribution in [0.4, 0.5) is 0 Å². The first-order valence-corrected chi connectivity index (χ1v) is 20.4. The third-order valence-corrected chi connectivity index (χ3v) is 26.0. The SMILES string of the molecule is C=Cc1ccc2c(c1)-c1cc(C=C)c[c]([Zr](=[CH2])([CH2]C)([C]3=CC(C(C)(C)C)=CC3)[c]3ccccc3)c1C2.Cl.Cl. The van der Waals surface area contributed by atoms with Gasteiger partial charge in [0.1, 0.15) is 0 Å². The summed E-state index contributed by atoms with van der Waals surface area (Å²) in [6.45, 7) is 17.6. The standard InChI is InChI=1S/C17H13.C9H13.C6H5.C2H5.CH2.2ClH.Zr/c1-3-12-5-7-14-11-15-8-6-13(4-2)10-17(15)16(14)9-12;1-9(2,3)8-6-4-5-7-8;1-2-4-6-5-3-1;1-2;;;;/h3-7,9-10H,1-2,11H2;6-7H,4H2,1-3H3;1-5H;1H2,2H3;1H2;2*1H;. The molecule has 3 heteroatoms. The van der Waals surface area contributed by atoms with Crippen LogP contribution >= 0.6 is 24.8 Å². The molecule has 5 rings (SSSR count). The molecule has 0 fully saturated rings. The third kappa shape index (κ3) is 4.56. The summed E-state index contributed by atoms with van der Waals surface area (Å²) in [7, 11) is 0. The second kappa shape index (κ2) is 10.8. The zero-order chi connectivity index (χ0) is 25.7. The van der Waals surface area contributed by atoms with Gasteiger partial charge in [0.25, 0.3) is 0 Å². The van der Waals surface area contributed by atoms with Gasteiger partial charge in [0.2, 0.25) is 0 Å². The average Bonchev–Trinajstić information content (AvgIpc) is 3.54. The fourth-order valence-electron chi connectivity index (χ4n) is 6.54. The molecule has 0 spiro atoms. The molecule has 0 saturated heterocycles. The number of hydrogen-bond acceptors (Lipinski definition) is 0. The molecule has 0 aliphatic heterocycles. The minimum Gasteiger partial charge on any atom is -0.147 e. The van der Waals surface area contributed by atoms with E-state index in [0.29, 0.717) is 0 Å². The fraction of sp³-hybridized carbons (Fsp3) is 0.229. The number of hydrogen-bond donors (Lipinski definition) is 0. The Bertz CT molecular complexity index is 1530. The number of halogens is 2. The molecule has 3 aromatic carbocycles. The quantitative estimate of drug-likeness (QED) is 0.201. The third-order valence-electron chi connectivity index (χ3n) is 8.95. The molecular weight excluding hydrogens is 583 g/mol. The van der Waals surface area contributed by atoms with Crippen LogP contribution in [0.2, 0.25) is 4.13 Å². The first-order chi connectivity index (χ1) is 17.1. The summed E-state index contributed by atoms with van der Waals surface area (Å²) in [6.07, 6.45) is 10.9. The number of benzene rings is 3. The van der Waals surface area contributed by atoms with Crippen molar-refractivity contribution in [1.29, 1.82) is 0 Å². The van der Waals surface area contributed by atoms with Gasteiger partial charge in [-0.3, -0.25) is 0 Å². The summed E-state index contributed by atoms with van der Waals surface area (Å²) in [4.78, 5) is 0. The van der Waals surface area contributed by atoms with Crippen molar-refractivity contribution in [2.24, 2.45) is 5.41 Å². The van der Waals surface area contributed by atoms with Crippen molar-refractivity contribution in [2.75, 3.05) is 0 Å². The molecule has 2 aliphatic carbocycles. The zero-order valence-electron chi connectivity index (χ0n) is 23.1. The Balaban J connectivity index is 0.00000200. The molecular formula is C35H40Cl2Zr. The molecule has 0 atom stereocenters. The molecule has 0 nitrogen and oxygen atoms in total. The first-order valence-electron chi connectivity index (χ1n) is 13.2. The Hall–Kier alpha value is -2.05. The van der Waals surface area contributed by atoms with E-state index in [-0.39, 0.29) is 30.2 Å². The second-order valence-electron chi connectivity index (χ2n) is 11.8. The molecule has 0 aromatic heterocycles. The molecule has 0 radical (unpaired) electrons. The van der Waals surface area contributed by atoms with Crippen LogP contribution in [-0.4, -0.2) is 4.21 Å². The van der Waals surface area contributed by atoms with E-state index in [9.17, 15) is 0 Å². The number of rotatable bonds is 6. The largest absolute Gasteiger partial charge is 0.147 e. The number of allylic oxidation sites excluding steroid dienone is 4. The van der Waals surface area contributed by atoms with Crippen molar-refractivity contribution >= 4 is 47.7 Å². The molecule has 38 heavy (non-hydrogen) atoms. The maximum atomic E-state index is 5.47. The predicted octanol–water partition coefficient (Wildman–Crippen LogP) is 9.16. The molecule has 0 saturated carbocycles. The van der Waals surface area contributed by atoms with Crippen LogP contribution in [0.3, 0.4) is 0 Å². The van der Waals surface area contributed by atoms with Gasteiger partial charge in [-0.2, -0.15) is 0 Å². The van der Waals surface area contributed by atoms with Gasteiger partial charge in [0.15, 0.2) is 0 Å². The summed E-state index contributed by atoms with van der Waals surface area (Å²) in [5.74, 6) is 0. The summed E-state index contributed by atoms with van der Waals surface area (Å²) in [5, 5.41) is 0. The van der Waals surface area contributed by atoms with Gasteiger partial charge < -0.3 is 0 Å². The molecule has 0 N–H and O–H groups in total. The van der Waals surface area contributed by atoms with Crippen molar-refractivity contribution in [3.8, 4) is 11.1 Å². The Labute approximate surface area is 242 Å². The van der Waals surface area contributed by atoms with E-state index in [1.807, 2.05) is 12.2 Å². The minimum atomic E-state index is -4.25. The van der Waals surface area contributed by atoms with Gasteiger partial charge in [-0.25, -0.2) is 0 Å². The van der Waals surface area contributed by atoms with E-state index in [4.69, 9.17) is 4.21 Å². The van der Waals surface area contributed by atoms with E-state index < -0.39 is 18.3 Å². The second-order valence-corrected chi connectivity index (χ2v) is 26.1. The molecule has 0 unspecified atom stereocenters. The first kappa shape index (κ1) is 30.5. The Kier molecular flexibility index (Phi) is 8.70. The van der Waals surface area contributed by atoms with Crippen LogP contribution in [-0.2, 0) is 24.7 Å². The van der Waals surface area contributed by atoms with E-state index >= 15 is 0 Å². The monoisotopic (exact) mass is 620 g/mol. The summed E-state index contributed by atoms with van der Waals surface area (Å²) < 4.78 is 11.1. The summed E-state index contributed by atoms with van der Waals surface area (Å²) >= 11 is -4.25. The van der Waals surface area contributed by atoms with Gasteiger partial charge in [-0.1, -0.05) is 0 Å². The zero-order valence-corrected chi connectivity index (χ0v) is 27.2. The minimum absolute atomic E-state index is 0.